The third-order valence-electron chi connectivity index (χ3n) is 5.61. The van der Waals surface area contributed by atoms with Gasteiger partial charge in [0.1, 0.15) is 0 Å². The summed E-state index contributed by atoms with van der Waals surface area (Å²) in [6.45, 7) is 3.37. The Balaban J connectivity index is 1.36. The molecule has 3 aromatic rings. The smallest absolute Gasteiger partial charge is 0.252 e. The van der Waals surface area contributed by atoms with E-state index in [1.54, 1.807) is 11.3 Å². The second kappa shape index (κ2) is 8.04. The fourth-order valence-corrected chi connectivity index (χ4v) is 5.65. The molecule has 2 aromatic heterocycles. The van der Waals surface area contributed by atoms with Crippen LogP contribution in [-0.4, -0.2) is 39.5 Å². The fourth-order valence-electron chi connectivity index (χ4n) is 3.82. The Bertz CT molecular complexity index is 1120. The molecule has 7 heteroatoms. The Labute approximate surface area is 183 Å². The van der Waals surface area contributed by atoms with Gasteiger partial charge in [-0.15, -0.1) is 11.3 Å². The summed E-state index contributed by atoms with van der Waals surface area (Å²) in [7, 11) is 0. The largest absolute Gasteiger partial charge is 0.349 e. The van der Waals surface area contributed by atoms with Crippen molar-refractivity contribution in [3.05, 3.63) is 57.8 Å². The molecular formula is C23H23N3O2S2. The van der Waals surface area contributed by atoms with Gasteiger partial charge in [-0.2, -0.15) is 0 Å². The molecule has 0 bridgehead atoms. The van der Waals surface area contributed by atoms with Crippen LogP contribution in [0.5, 0.6) is 0 Å². The van der Waals surface area contributed by atoms with E-state index in [1.807, 2.05) is 42.2 Å². The van der Waals surface area contributed by atoms with Crippen molar-refractivity contribution in [1.29, 1.82) is 0 Å². The molecule has 1 fully saturated rings. The number of rotatable bonds is 5. The molecule has 1 aliphatic heterocycles. The molecule has 1 saturated carbocycles. The first kappa shape index (κ1) is 19.6. The van der Waals surface area contributed by atoms with Crippen molar-refractivity contribution in [3.63, 3.8) is 0 Å². The molecule has 0 saturated heterocycles. The van der Waals surface area contributed by atoms with Crippen molar-refractivity contribution >= 4 is 45.8 Å². The van der Waals surface area contributed by atoms with Crippen LogP contribution in [0.25, 0.3) is 10.9 Å². The number of pyridine rings is 1. The molecular weight excluding hydrogens is 414 g/mol. The lowest BCUT2D eigenvalue weighted by molar-refractivity contribution is -0.131. The minimum atomic E-state index is -0.266. The molecule has 1 aliphatic carbocycles. The van der Waals surface area contributed by atoms with Gasteiger partial charge in [0.2, 0.25) is 5.91 Å². The number of thioether (sulfide) groups is 1. The molecule has 2 aliphatic rings. The van der Waals surface area contributed by atoms with E-state index in [0.717, 1.165) is 36.7 Å². The summed E-state index contributed by atoms with van der Waals surface area (Å²) < 4.78 is 0. The van der Waals surface area contributed by atoms with Crippen LogP contribution in [0.1, 0.15) is 40.6 Å². The number of hydrogen-bond acceptors (Lipinski definition) is 5. The first-order valence-electron chi connectivity index (χ1n) is 10.3. The number of nitrogens with one attached hydrogen (secondary N) is 1. The average Bonchev–Trinajstić information content (AvgIpc) is 3.44. The van der Waals surface area contributed by atoms with Gasteiger partial charge in [-0.1, -0.05) is 30.0 Å². The maximum Gasteiger partial charge on any atom is 0.252 e. The highest BCUT2D eigenvalue weighted by Gasteiger charge is 2.28. The first-order chi connectivity index (χ1) is 14.6. The number of carbonyl (C=O) groups excluding carboxylic acids is 2. The van der Waals surface area contributed by atoms with Crippen molar-refractivity contribution in [3.8, 4) is 0 Å². The number of fused-ring (bicyclic) bond motifs is 2. The van der Waals surface area contributed by atoms with E-state index in [2.05, 4.69) is 16.8 Å². The van der Waals surface area contributed by atoms with E-state index in [9.17, 15) is 9.59 Å². The van der Waals surface area contributed by atoms with Crippen LogP contribution in [0.2, 0.25) is 0 Å². The van der Waals surface area contributed by atoms with Gasteiger partial charge in [-0.25, -0.2) is 4.98 Å². The zero-order valence-electron chi connectivity index (χ0n) is 16.8. The summed E-state index contributed by atoms with van der Waals surface area (Å²) in [5.41, 5.74) is 2.68. The van der Waals surface area contributed by atoms with Gasteiger partial charge in [-0.05, 0) is 55.3 Å². The van der Waals surface area contributed by atoms with Crippen LogP contribution in [0, 0.1) is 0 Å². The predicted molar refractivity (Wildman–Crippen MR) is 121 cm³/mol. The van der Waals surface area contributed by atoms with Crippen LogP contribution in [0.4, 0.5) is 0 Å². The zero-order valence-corrected chi connectivity index (χ0v) is 18.4. The molecule has 5 rings (SSSR count). The number of para-hydroxylation sites is 1. The standard InChI is InChI=1S/C23H23N3O2S2/c1-14(23(28)26-10-8-20-15(13-26)9-11-29-20)30-21-12-18(22(27)24-16-6-7-16)17-4-2-3-5-19(17)25-21/h2-5,9,11-12,14,16H,6-8,10,13H2,1H3,(H,24,27). The Morgan fingerprint density at radius 3 is 2.93 bits per heavy atom. The summed E-state index contributed by atoms with van der Waals surface area (Å²) in [4.78, 5) is 33.9. The van der Waals surface area contributed by atoms with E-state index in [-0.39, 0.29) is 17.1 Å². The van der Waals surface area contributed by atoms with E-state index >= 15 is 0 Å². The van der Waals surface area contributed by atoms with Crippen LogP contribution in [0.15, 0.2) is 46.8 Å². The summed E-state index contributed by atoms with van der Waals surface area (Å²) in [6, 6.07) is 11.9. The normalized spacial score (nSPS) is 16.9. The topological polar surface area (TPSA) is 62.3 Å². The first-order valence-corrected chi connectivity index (χ1v) is 12.1. The average molecular weight is 438 g/mol. The lowest BCUT2D eigenvalue weighted by atomic mass is 10.1. The van der Waals surface area contributed by atoms with Crippen molar-refractivity contribution in [2.75, 3.05) is 6.54 Å². The highest BCUT2D eigenvalue weighted by atomic mass is 32.2. The summed E-state index contributed by atoms with van der Waals surface area (Å²) in [5, 5.41) is 6.47. The molecule has 0 spiro atoms. The molecule has 2 amide bonds. The van der Waals surface area contributed by atoms with E-state index in [1.165, 1.54) is 22.2 Å². The number of amides is 2. The maximum atomic E-state index is 13.1. The Morgan fingerprint density at radius 1 is 1.27 bits per heavy atom. The molecule has 1 atom stereocenters. The molecule has 154 valence electrons. The fraction of sp³-hybridized carbons (Fsp3) is 0.348. The van der Waals surface area contributed by atoms with E-state index < -0.39 is 0 Å². The number of thiophene rings is 1. The predicted octanol–water partition coefficient (Wildman–Crippen LogP) is 4.25. The third-order valence-corrected chi connectivity index (χ3v) is 7.64. The van der Waals surface area contributed by atoms with Crippen LogP contribution in [-0.2, 0) is 17.8 Å². The summed E-state index contributed by atoms with van der Waals surface area (Å²) >= 11 is 3.20. The lowest BCUT2D eigenvalue weighted by Gasteiger charge is -2.29. The lowest BCUT2D eigenvalue weighted by Crippen LogP contribution is -2.39. The molecule has 5 nitrogen and oxygen atoms in total. The number of benzene rings is 1. The molecule has 1 N–H and O–H groups in total. The second-order valence-electron chi connectivity index (χ2n) is 7.91. The van der Waals surface area contributed by atoms with Gasteiger partial charge in [0.05, 0.1) is 21.4 Å². The van der Waals surface area contributed by atoms with Gasteiger partial charge < -0.3 is 10.2 Å². The molecule has 1 aromatic carbocycles. The van der Waals surface area contributed by atoms with Gasteiger partial charge in [-0.3, -0.25) is 9.59 Å². The Kier molecular flexibility index (Phi) is 5.25. The molecule has 30 heavy (non-hydrogen) atoms. The number of nitrogens with zero attached hydrogens (tertiary/aromatic N) is 2. The third kappa shape index (κ3) is 3.96. The SMILES string of the molecule is CC(Sc1cc(C(=O)NC2CC2)c2ccccc2n1)C(=O)N1CCc2sccc2C1. The quantitative estimate of drug-likeness (QED) is 0.606. The van der Waals surface area contributed by atoms with E-state index in [4.69, 9.17) is 4.98 Å². The van der Waals surface area contributed by atoms with Gasteiger partial charge >= 0.3 is 0 Å². The second-order valence-corrected chi connectivity index (χ2v) is 10.3. The number of carbonyl (C=O) groups is 2. The van der Waals surface area contributed by atoms with Gasteiger partial charge in [0, 0.05) is 29.4 Å². The highest BCUT2D eigenvalue weighted by molar-refractivity contribution is 8.00. The summed E-state index contributed by atoms with van der Waals surface area (Å²) in [5.74, 6) is 0.0636. The van der Waals surface area contributed by atoms with Crippen LogP contribution >= 0.6 is 23.1 Å². The monoisotopic (exact) mass is 437 g/mol. The Hall–Kier alpha value is -2.38. The molecule has 3 heterocycles. The van der Waals surface area contributed by atoms with Crippen molar-refractivity contribution in [2.24, 2.45) is 0 Å². The van der Waals surface area contributed by atoms with Gasteiger partial charge in [0.25, 0.3) is 5.91 Å². The molecule has 0 radical (unpaired) electrons. The maximum absolute atomic E-state index is 13.1. The van der Waals surface area contributed by atoms with Crippen molar-refractivity contribution in [1.82, 2.24) is 15.2 Å². The minimum absolute atomic E-state index is 0.0575. The van der Waals surface area contributed by atoms with E-state index in [0.29, 0.717) is 23.2 Å². The van der Waals surface area contributed by atoms with Crippen molar-refractivity contribution in [2.45, 2.75) is 49.0 Å². The van der Waals surface area contributed by atoms with Crippen molar-refractivity contribution < 1.29 is 9.59 Å². The van der Waals surface area contributed by atoms with Crippen LogP contribution in [0.3, 0.4) is 0 Å². The van der Waals surface area contributed by atoms with Crippen LogP contribution < -0.4 is 5.32 Å². The zero-order chi connectivity index (χ0) is 20.7. The summed E-state index contributed by atoms with van der Waals surface area (Å²) in [6.07, 6.45) is 3.02. The minimum Gasteiger partial charge on any atom is -0.349 e. The Morgan fingerprint density at radius 2 is 2.10 bits per heavy atom. The highest BCUT2D eigenvalue weighted by Crippen LogP contribution is 2.30. The number of aromatic nitrogens is 1. The molecule has 1 unspecified atom stereocenters. The number of hydrogen-bond donors (Lipinski definition) is 1. The van der Waals surface area contributed by atoms with Gasteiger partial charge in [0.15, 0.2) is 0 Å².